The lowest BCUT2D eigenvalue weighted by Crippen LogP contribution is -2.19. The van der Waals surface area contributed by atoms with Crippen molar-refractivity contribution in [2.24, 2.45) is 0 Å². The van der Waals surface area contributed by atoms with Gasteiger partial charge < -0.3 is 0 Å². The largest absolute Gasteiger partial charge is 0.350 e. The van der Waals surface area contributed by atoms with E-state index in [9.17, 15) is 4.79 Å². The van der Waals surface area contributed by atoms with Crippen molar-refractivity contribution in [1.82, 2.24) is 19.6 Å². The Bertz CT molecular complexity index is 1120. The summed E-state index contributed by atoms with van der Waals surface area (Å²) in [5, 5.41) is 5.36. The summed E-state index contributed by atoms with van der Waals surface area (Å²) in [7, 11) is 0. The predicted molar refractivity (Wildman–Crippen MR) is 108 cm³/mol. The molecule has 2 aromatic carbocycles. The molecule has 8 heteroatoms. The molecule has 130 valence electrons. The highest BCUT2D eigenvalue weighted by Crippen LogP contribution is 2.26. The summed E-state index contributed by atoms with van der Waals surface area (Å²) in [5.41, 5.74) is 3.06. The standard InChI is InChI=1S/C18H12BrClN4OS/c19-13-5-1-11(2-6-13)10-26-17-22-16-15(9-21-24(16)18(25)23-17)12-3-7-14(20)8-4-12/h1-9H,10H2,(H,22,23,25). The van der Waals surface area contributed by atoms with Gasteiger partial charge in [0.15, 0.2) is 10.8 Å². The minimum absolute atomic E-state index is 0.312. The molecule has 0 spiro atoms. The average molecular weight is 448 g/mol. The molecule has 0 fully saturated rings. The zero-order valence-corrected chi connectivity index (χ0v) is 16.5. The number of thioether (sulfide) groups is 1. The molecule has 0 atom stereocenters. The Morgan fingerprint density at radius 2 is 1.85 bits per heavy atom. The van der Waals surface area contributed by atoms with E-state index in [1.54, 1.807) is 18.3 Å². The van der Waals surface area contributed by atoms with E-state index in [1.807, 2.05) is 36.4 Å². The van der Waals surface area contributed by atoms with Gasteiger partial charge in [-0.05, 0) is 35.4 Å². The number of rotatable bonds is 4. The zero-order valence-electron chi connectivity index (χ0n) is 13.3. The summed E-state index contributed by atoms with van der Waals surface area (Å²) in [6.45, 7) is 0. The summed E-state index contributed by atoms with van der Waals surface area (Å²) >= 11 is 10.9. The number of benzene rings is 2. The van der Waals surface area contributed by atoms with Crippen LogP contribution in [0.3, 0.4) is 0 Å². The van der Waals surface area contributed by atoms with Gasteiger partial charge in [-0.15, -0.1) is 0 Å². The number of hydrogen-bond acceptors (Lipinski definition) is 4. The number of aromatic amines is 1. The van der Waals surface area contributed by atoms with Crippen LogP contribution in [0, 0.1) is 0 Å². The second kappa shape index (κ2) is 7.26. The lowest BCUT2D eigenvalue weighted by atomic mass is 10.1. The van der Waals surface area contributed by atoms with Crippen LogP contribution in [0.1, 0.15) is 5.56 Å². The first-order valence-electron chi connectivity index (χ1n) is 7.71. The molecule has 0 amide bonds. The molecule has 0 aliphatic heterocycles. The maximum Gasteiger partial charge on any atom is 0.350 e. The highest BCUT2D eigenvalue weighted by molar-refractivity contribution is 9.10. The zero-order chi connectivity index (χ0) is 18.1. The minimum atomic E-state index is -0.312. The highest BCUT2D eigenvalue weighted by Gasteiger charge is 2.12. The van der Waals surface area contributed by atoms with Crippen LogP contribution in [0.25, 0.3) is 16.8 Å². The van der Waals surface area contributed by atoms with Gasteiger partial charge in [0.1, 0.15) is 0 Å². The van der Waals surface area contributed by atoms with E-state index in [0.29, 0.717) is 21.6 Å². The van der Waals surface area contributed by atoms with Gasteiger partial charge in [-0.2, -0.15) is 9.61 Å². The fourth-order valence-electron chi connectivity index (χ4n) is 2.50. The molecule has 0 saturated carbocycles. The first-order chi connectivity index (χ1) is 12.6. The summed E-state index contributed by atoms with van der Waals surface area (Å²) in [5.74, 6) is 0.705. The summed E-state index contributed by atoms with van der Waals surface area (Å²) in [6, 6.07) is 15.4. The van der Waals surface area contributed by atoms with Crippen molar-refractivity contribution in [3.05, 3.63) is 80.3 Å². The van der Waals surface area contributed by atoms with Gasteiger partial charge in [-0.25, -0.2) is 9.78 Å². The molecule has 0 bridgehead atoms. The van der Waals surface area contributed by atoms with Crippen LogP contribution in [-0.2, 0) is 5.75 Å². The number of fused-ring (bicyclic) bond motifs is 1. The number of hydrogen-bond donors (Lipinski definition) is 1. The van der Waals surface area contributed by atoms with Crippen molar-refractivity contribution in [3.8, 4) is 11.1 Å². The molecule has 2 aromatic heterocycles. The number of aromatic nitrogens is 4. The van der Waals surface area contributed by atoms with Gasteiger partial charge in [0.05, 0.1) is 6.20 Å². The Balaban J connectivity index is 1.68. The van der Waals surface area contributed by atoms with Crippen molar-refractivity contribution in [2.45, 2.75) is 10.9 Å². The van der Waals surface area contributed by atoms with Crippen molar-refractivity contribution in [2.75, 3.05) is 0 Å². The number of nitrogens with one attached hydrogen (secondary N) is 1. The Morgan fingerprint density at radius 3 is 2.58 bits per heavy atom. The monoisotopic (exact) mass is 446 g/mol. The Kier molecular flexibility index (Phi) is 4.84. The smallest absolute Gasteiger partial charge is 0.285 e. The van der Waals surface area contributed by atoms with Crippen molar-refractivity contribution >= 4 is 44.9 Å². The van der Waals surface area contributed by atoms with Crippen LogP contribution >= 0.6 is 39.3 Å². The first-order valence-corrected chi connectivity index (χ1v) is 9.87. The molecule has 2 heterocycles. The summed E-state index contributed by atoms with van der Waals surface area (Å²) in [4.78, 5) is 19.7. The first kappa shape index (κ1) is 17.3. The van der Waals surface area contributed by atoms with E-state index < -0.39 is 0 Å². The van der Waals surface area contributed by atoms with E-state index in [4.69, 9.17) is 11.6 Å². The lowest BCUT2D eigenvalue weighted by Gasteiger charge is -2.04. The Hall–Kier alpha value is -2.09. The number of nitrogens with zero attached hydrogens (tertiary/aromatic N) is 3. The summed E-state index contributed by atoms with van der Waals surface area (Å²) in [6.07, 6.45) is 1.64. The van der Waals surface area contributed by atoms with Crippen LogP contribution in [0.5, 0.6) is 0 Å². The third-order valence-corrected chi connectivity index (χ3v) is 5.53. The third-order valence-electron chi connectivity index (χ3n) is 3.80. The second-order valence-corrected chi connectivity index (χ2v) is 7.88. The van der Waals surface area contributed by atoms with Crippen molar-refractivity contribution in [1.29, 1.82) is 0 Å². The predicted octanol–water partition coefficient (Wildman–Crippen LogP) is 4.79. The van der Waals surface area contributed by atoms with E-state index in [2.05, 4.69) is 31.0 Å². The van der Waals surface area contributed by atoms with Crippen LogP contribution in [0.2, 0.25) is 5.02 Å². The van der Waals surface area contributed by atoms with Gasteiger partial charge in [-0.1, -0.05) is 63.6 Å². The molecule has 4 rings (SSSR count). The Labute approximate surface area is 166 Å². The molecule has 0 aliphatic carbocycles. The van der Waals surface area contributed by atoms with Crippen LogP contribution in [-0.4, -0.2) is 19.6 Å². The summed E-state index contributed by atoms with van der Waals surface area (Å²) < 4.78 is 2.30. The molecule has 0 radical (unpaired) electrons. The number of halogens is 2. The van der Waals surface area contributed by atoms with E-state index in [1.165, 1.54) is 16.3 Å². The molecule has 4 aromatic rings. The molecule has 0 aliphatic rings. The Morgan fingerprint density at radius 1 is 1.12 bits per heavy atom. The topological polar surface area (TPSA) is 63.0 Å². The fraction of sp³-hybridized carbons (Fsp3) is 0.0556. The molecule has 26 heavy (non-hydrogen) atoms. The van der Waals surface area contributed by atoms with E-state index in [0.717, 1.165) is 21.2 Å². The molecular weight excluding hydrogens is 436 g/mol. The highest BCUT2D eigenvalue weighted by atomic mass is 79.9. The van der Waals surface area contributed by atoms with Gasteiger partial charge in [0.25, 0.3) is 0 Å². The van der Waals surface area contributed by atoms with Crippen molar-refractivity contribution in [3.63, 3.8) is 0 Å². The minimum Gasteiger partial charge on any atom is -0.285 e. The van der Waals surface area contributed by atoms with Gasteiger partial charge in [-0.3, -0.25) is 4.98 Å². The molecule has 1 N–H and O–H groups in total. The SMILES string of the molecule is O=c1[nH]c(SCc2ccc(Br)cc2)nc2c(-c3ccc(Cl)cc3)cnn12. The molecular formula is C18H12BrClN4OS. The average Bonchev–Trinajstić information content (AvgIpc) is 3.06. The van der Waals surface area contributed by atoms with E-state index >= 15 is 0 Å². The number of H-pyrrole nitrogens is 1. The third kappa shape index (κ3) is 3.56. The van der Waals surface area contributed by atoms with Gasteiger partial charge in [0, 0.05) is 20.8 Å². The molecule has 0 saturated heterocycles. The lowest BCUT2D eigenvalue weighted by molar-refractivity contribution is 0.786. The van der Waals surface area contributed by atoms with Gasteiger partial charge >= 0.3 is 5.69 Å². The van der Waals surface area contributed by atoms with Gasteiger partial charge in [0.2, 0.25) is 0 Å². The molecule has 0 unspecified atom stereocenters. The maximum absolute atomic E-state index is 12.3. The second-order valence-electron chi connectivity index (χ2n) is 5.56. The van der Waals surface area contributed by atoms with Crippen LogP contribution in [0.4, 0.5) is 0 Å². The quantitative estimate of drug-likeness (QED) is 0.457. The molecule has 5 nitrogen and oxygen atoms in total. The van der Waals surface area contributed by atoms with E-state index in [-0.39, 0.29) is 5.69 Å². The van der Waals surface area contributed by atoms with Crippen LogP contribution < -0.4 is 5.69 Å². The normalized spacial score (nSPS) is 11.2. The van der Waals surface area contributed by atoms with Crippen LogP contribution in [0.15, 0.2) is 69.2 Å². The maximum atomic E-state index is 12.3. The fourth-order valence-corrected chi connectivity index (χ4v) is 3.70. The van der Waals surface area contributed by atoms with Crippen molar-refractivity contribution < 1.29 is 0 Å².